The number of anilines is 2. The topological polar surface area (TPSA) is 61.4 Å². The van der Waals surface area contributed by atoms with E-state index in [-0.39, 0.29) is 11.9 Å². The Kier molecular flexibility index (Phi) is 4.51. The van der Waals surface area contributed by atoms with Crippen LogP contribution in [0.25, 0.3) is 0 Å². The van der Waals surface area contributed by atoms with Gasteiger partial charge >= 0.3 is 6.03 Å². The van der Waals surface area contributed by atoms with Crippen molar-refractivity contribution >= 4 is 23.3 Å². The molecule has 0 aromatic heterocycles. The molecule has 0 bridgehead atoms. The molecule has 0 aliphatic carbocycles. The lowest BCUT2D eigenvalue weighted by atomic mass is 10.1. The van der Waals surface area contributed by atoms with Crippen LogP contribution < -0.4 is 10.6 Å². The predicted octanol–water partition coefficient (Wildman–Crippen LogP) is 3.41. The van der Waals surface area contributed by atoms with Crippen molar-refractivity contribution in [1.29, 1.82) is 0 Å². The molecule has 24 heavy (non-hydrogen) atoms. The zero-order chi connectivity index (χ0) is 17.1. The third-order valence-corrected chi connectivity index (χ3v) is 4.15. The van der Waals surface area contributed by atoms with Crippen molar-refractivity contribution in [2.24, 2.45) is 0 Å². The molecule has 1 aliphatic heterocycles. The molecule has 0 radical (unpaired) electrons. The highest BCUT2D eigenvalue weighted by molar-refractivity contribution is 5.95. The van der Waals surface area contributed by atoms with Crippen molar-refractivity contribution in [1.82, 2.24) is 4.90 Å². The van der Waals surface area contributed by atoms with Crippen molar-refractivity contribution in [3.8, 4) is 0 Å². The van der Waals surface area contributed by atoms with Gasteiger partial charge in [-0.3, -0.25) is 4.79 Å². The molecule has 3 rings (SSSR count). The van der Waals surface area contributed by atoms with Gasteiger partial charge in [0.15, 0.2) is 0 Å². The molecule has 3 amide bonds. The minimum atomic E-state index is -0.116. The molecule has 5 nitrogen and oxygen atoms in total. The fourth-order valence-electron chi connectivity index (χ4n) is 2.81. The molecule has 0 saturated carbocycles. The Labute approximate surface area is 141 Å². The van der Waals surface area contributed by atoms with Crippen LogP contribution in [0.2, 0.25) is 0 Å². The Morgan fingerprint density at radius 3 is 2.79 bits per heavy atom. The number of fused-ring (bicyclic) bond motifs is 1. The Morgan fingerprint density at radius 2 is 2.00 bits per heavy atom. The van der Waals surface area contributed by atoms with Gasteiger partial charge in [-0.1, -0.05) is 31.2 Å². The third kappa shape index (κ3) is 3.56. The van der Waals surface area contributed by atoms with E-state index < -0.39 is 0 Å². The zero-order valence-electron chi connectivity index (χ0n) is 13.9. The van der Waals surface area contributed by atoms with E-state index in [0.29, 0.717) is 13.0 Å². The number of nitrogens with zero attached hydrogens (tertiary/aromatic N) is 1. The third-order valence-electron chi connectivity index (χ3n) is 4.15. The Hall–Kier alpha value is -2.82. The van der Waals surface area contributed by atoms with Gasteiger partial charge in [0, 0.05) is 25.0 Å². The van der Waals surface area contributed by atoms with Crippen LogP contribution in [0.1, 0.15) is 23.6 Å². The summed E-state index contributed by atoms with van der Waals surface area (Å²) in [6.45, 7) is 2.63. The Bertz CT molecular complexity index is 786. The van der Waals surface area contributed by atoms with E-state index in [4.69, 9.17) is 0 Å². The lowest BCUT2D eigenvalue weighted by molar-refractivity contribution is -0.115. The van der Waals surface area contributed by atoms with E-state index in [1.165, 1.54) is 5.56 Å². The lowest BCUT2D eigenvalue weighted by Gasteiger charge is -2.26. The van der Waals surface area contributed by atoms with E-state index in [0.717, 1.165) is 28.9 Å². The normalized spacial score (nSPS) is 13.2. The number of carbonyl (C=O) groups is 2. The summed E-state index contributed by atoms with van der Waals surface area (Å²) in [6.07, 6.45) is 1.31. The summed E-state index contributed by atoms with van der Waals surface area (Å²) in [6, 6.07) is 13.5. The number of amides is 3. The van der Waals surface area contributed by atoms with Gasteiger partial charge in [-0.05, 0) is 41.3 Å². The van der Waals surface area contributed by atoms with Crippen LogP contribution in [-0.2, 0) is 24.2 Å². The van der Waals surface area contributed by atoms with Gasteiger partial charge < -0.3 is 15.5 Å². The molecule has 0 fully saturated rings. The Morgan fingerprint density at radius 1 is 1.21 bits per heavy atom. The maximum absolute atomic E-state index is 12.3. The fraction of sp³-hybridized carbons (Fsp3) is 0.263. The average molecular weight is 323 g/mol. The van der Waals surface area contributed by atoms with Crippen molar-refractivity contribution in [2.75, 3.05) is 17.7 Å². The van der Waals surface area contributed by atoms with Gasteiger partial charge in [0.05, 0.1) is 6.42 Å². The summed E-state index contributed by atoms with van der Waals surface area (Å²) in [5.41, 5.74) is 4.77. The van der Waals surface area contributed by atoms with Gasteiger partial charge in [-0.2, -0.15) is 0 Å². The first kappa shape index (κ1) is 16.1. The fourth-order valence-corrected chi connectivity index (χ4v) is 2.81. The highest BCUT2D eigenvalue weighted by Crippen LogP contribution is 2.25. The monoisotopic (exact) mass is 323 g/mol. The van der Waals surface area contributed by atoms with E-state index in [9.17, 15) is 9.59 Å². The molecule has 2 aromatic carbocycles. The number of nitrogens with one attached hydrogen (secondary N) is 2. The summed E-state index contributed by atoms with van der Waals surface area (Å²) in [5.74, 6) is -0.0450. The van der Waals surface area contributed by atoms with Crippen LogP contribution in [0.5, 0.6) is 0 Å². The van der Waals surface area contributed by atoms with Crippen molar-refractivity contribution in [2.45, 2.75) is 26.3 Å². The summed E-state index contributed by atoms with van der Waals surface area (Å²) >= 11 is 0. The molecule has 1 aliphatic rings. The van der Waals surface area contributed by atoms with Crippen LogP contribution in [0, 0.1) is 0 Å². The Balaban J connectivity index is 1.68. The molecule has 5 heteroatoms. The van der Waals surface area contributed by atoms with Gasteiger partial charge in [-0.15, -0.1) is 0 Å². The molecule has 2 aromatic rings. The van der Waals surface area contributed by atoms with Crippen LogP contribution in [0.3, 0.4) is 0 Å². The van der Waals surface area contributed by atoms with Gasteiger partial charge in [0.1, 0.15) is 0 Å². The largest absolute Gasteiger partial charge is 0.326 e. The van der Waals surface area contributed by atoms with E-state index >= 15 is 0 Å². The van der Waals surface area contributed by atoms with Crippen molar-refractivity contribution in [3.05, 3.63) is 59.2 Å². The second kappa shape index (κ2) is 6.74. The zero-order valence-corrected chi connectivity index (χ0v) is 13.9. The number of aryl methyl sites for hydroxylation is 1. The van der Waals surface area contributed by atoms with Gasteiger partial charge in [0.2, 0.25) is 5.91 Å². The SMILES string of the molecule is CCc1cccc(CC(=O)Nc2ccc3c(c2)CN(C)C(=O)N3)c1. The van der Waals surface area contributed by atoms with Crippen LogP contribution in [0.15, 0.2) is 42.5 Å². The second-order valence-corrected chi connectivity index (χ2v) is 6.06. The number of hydrogen-bond donors (Lipinski definition) is 2. The minimum absolute atomic E-state index is 0.0450. The van der Waals surface area contributed by atoms with Gasteiger partial charge in [0.25, 0.3) is 0 Å². The maximum Gasteiger partial charge on any atom is 0.321 e. The van der Waals surface area contributed by atoms with E-state index in [1.807, 2.05) is 30.3 Å². The number of benzene rings is 2. The van der Waals surface area contributed by atoms with E-state index in [1.54, 1.807) is 11.9 Å². The predicted molar refractivity (Wildman–Crippen MR) is 95.1 cm³/mol. The summed E-state index contributed by atoms with van der Waals surface area (Å²) in [4.78, 5) is 25.5. The molecule has 124 valence electrons. The van der Waals surface area contributed by atoms with Crippen molar-refractivity contribution in [3.63, 3.8) is 0 Å². The standard InChI is InChI=1S/C19H21N3O2/c1-3-13-5-4-6-14(9-13)10-18(23)20-16-7-8-17-15(11-16)12-22(2)19(24)21-17/h4-9,11H,3,10,12H2,1-2H3,(H,20,23)(H,21,24). The molecule has 2 N–H and O–H groups in total. The highest BCUT2D eigenvalue weighted by atomic mass is 16.2. The first-order valence-corrected chi connectivity index (χ1v) is 8.08. The summed E-state index contributed by atoms with van der Waals surface area (Å²) in [5, 5.41) is 5.75. The van der Waals surface area contributed by atoms with Crippen LogP contribution in [0.4, 0.5) is 16.2 Å². The quantitative estimate of drug-likeness (QED) is 0.906. The van der Waals surface area contributed by atoms with E-state index in [2.05, 4.69) is 29.7 Å². The van der Waals surface area contributed by atoms with Crippen LogP contribution in [-0.4, -0.2) is 23.9 Å². The minimum Gasteiger partial charge on any atom is -0.326 e. The molecule has 0 spiro atoms. The number of hydrogen-bond acceptors (Lipinski definition) is 2. The molecule has 0 saturated heterocycles. The number of rotatable bonds is 4. The second-order valence-electron chi connectivity index (χ2n) is 6.06. The maximum atomic E-state index is 12.3. The molecule has 0 unspecified atom stereocenters. The molecular formula is C19H21N3O2. The first-order chi connectivity index (χ1) is 11.5. The number of carbonyl (C=O) groups excluding carboxylic acids is 2. The van der Waals surface area contributed by atoms with Gasteiger partial charge in [-0.25, -0.2) is 4.79 Å². The average Bonchev–Trinajstić information content (AvgIpc) is 2.56. The van der Waals surface area contributed by atoms with Crippen LogP contribution >= 0.6 is 0 Å². The highest BCUT2D eigenvalue weighted by Gasteiger charge is 2.19. The first-order valence-electron chi connectivity index (χ1n) is 8.08. The molecular weight excluding hydrogens is 302 g/mol. The summed E-state index contributed by atoms with van der Waals surface area (Å²) < 4.78 is 0. The smallest absolute Gasteiger partial charge is 0.321 e. The summed E-state index contributed by atoms with van der Waals surface area (Å²) in [7, 11) is 1.74. The van der Waals surface area contributed by atoms with Crippen molar-refractivity contribution < 1.29 is 9.59 Å². The molecule has 0 atom stereocenters. The lowest BCUT2D eigenvalue weighted by Crippen LogP contribution is -2.35. The molecule has 1 heterocycles. The number of urea groups is 1.